The van der Waals surface area contributed by atoms with Crippen molar-refractivity contribution in [3.8, 4) is 17.1 Å². The molecule has 6 heteroatoms. The molecule has 0 unspecified atom stereocenters. The van der Waals surface area contributed by atoms with Crippen molar-refractivity contribution in [2.45, 2.75) is 0 Å². The molecule has 4 aromatic rings. The quantitative estimate of drug-likeness (QED) is 0.336. The van der Waals surface area contributed by atoms with E-state index in [0.717, 1.165) is 20.8 Å². The molecule has 138 valence electrons. The van der Waals surface area contributed by atoms with Gasteiger partial charge in [-0.25, -0.2) is 5.43 Å². The molecule has 3 aromatic carbocycles. The highest BCUT2D eigenvalue weighted by Gasteiger charge is 2.12. The summed E-state index contributed by atoms with van der Waals surface area (Å²) in [7, 11) is 0. The minimum absolute atomic E-state index is 0.0954. The summed E-state index contributed by atoms with van der Waals surface area (Å²) in [6.07, 6.45) is 1.42. The van der Waals surface area contributed by atoms with Gasteiger partial charge < -0.3 is 9.52 Å². The zero-order chi connectivity index (χ0) is 19.5. The average Bonchev–Trinajstić information content (AvgIpc) is 3.17. The van der Waals surface area contributed by atoms with E-state index in [-0.39, 0.29) is 11.3 Å². The number of nitrogens with zero attached hydrogens (tertiary/aromatic N) is 1. The number of aromatic hydroxyl groups is 1. The molecule has 0 saturated carbocycles. The number of carbonyl (C=O) groups excluding carboxylic acids is 1. The number of hydrazone groups is 1. The molecule has 0 radical (unpaired) electrons. The van der Waals surface area contributed by atoms with Gasteiger partial charge in [0.25, 0.3) is 5.91 Å². The average molecular weight is 435 g/mol. The van der Waals surface area contributed by atoms with Crippen LogP contribution in [0.5, 0.6) is 5.75 Å². The fourth-order valence-corrected chi connectivity index (χ4v) is 3.08. The van der Waals surface area contributed by atoms with Gasteiger partial charge in [0.15, 0.2) is 0 Å². The van der Waals surface area contributed by atoms with Crippen LogP contribution < -0.4 is 5.43 Å². The maximum Gasteiger partial charge on any atom is 0.275 e. The van der Waals surface area contributed by atoms with E-state index in [1.165, 1.54) is 6.21 Å². The molecule has 0 aliphatic rings. The highest BCUT2D eigenvalue weighted by Crippen LogP contribution is 2.25. The van der Waals surface area contributed by atoms with E-state index in [0.29, 0.717) is 11.5 Å². The van der Waals surface area contributed by atoms with Crippen molar-refractivity contribution in [1.29, 1.82) is 0 Å². The number of phenolic OH excluding ortho intramolecular Hbond substituents is 1. The Morgan fingerprint density at radius 2 is 1.71 bits per heavy atom. The number of fused-ring (bicyclic) bond motifs is 1. The molecule has 0 atom stereocenters. The largest absolute Gasteiger partial charge is 0.507 e. The smallest absolute Gasteiger partial charge is 0.275 e. The van der Waals surface area contributed by atoms with Gasteiger partial charge in [-0.1, -0.05) is 52.3 Å². The van der Waals surface area contributed by atoms with Crippen LogP contribution >= 0.6 is 15.9 Å². The highest BCUT2D eigenvalue weighted by atomic mass is 79.9. The summed E-state index contributed by atoms with van der Waals surface area (Å²) in [6, 6.07) is 22.0. The molecule has 0 bridgehead atoms. The predicted molar refractivity (Wildman–Crippen MR) is 113 cm³/mol. The minimum atomic E-state index is -0.501. The van der Waals surface area contributed by atoms with E-state index in [2.05, 4.69) is 26.5 Å². The second-order valence-electron chi connectivity index (χ2n) is 6.12. The number of hydrogen-bond donors (Lipinski definition) is 2. The van der Waals surface area contributed by atoms with Crippen molar-refractivity contribution in [2.24, 2.45) is 5.10 Å². The number of nitrogens with one attached hydrogen (secondary N) is 1. The standard InChI is InChI=1S/C22H15BrN2O3/c23-17-7-5-14(6-8-17)21-10-9-18(28-21)13-24-25-22(27)19-11-15-3-1-2-4-16(15)12-20(19)26/h1-13,26H,(H,25,27)/b24-13+. The van der Waals surface area contributed by atoms with Crippen molar-refractivity contribution >= 4 is 38.8 Å². The first-order chi connectivity index (χ1) is 13.6. The number of carbonyl (C=O) groups is 1. The van der Waals surface area contributed by atoms with Crippen LogP contribution in [0, 0.1) is 0 Å². The Kier molecular flexibility index (Phi) is 4.95. The van der Waals surface area contributed by atoms with Gasteiger partial charge >= 0.3 is 0 Å². The zero-order valence-corrected chi connectivity index (χ0v) is 16.2. The van der Waals surface area contributed by atoms with Gasteiger partial charge in [-0.05, 0) is 47.2 Å². The van der Waals surface area contributed by atoms with Crippen LogP contribution in [-0.2, 0) is 0 Å². The first kappa shape index (κ1) is 18.0. The molecular formula is C22H15BrN2O3. The second-order valence-corrected chi connectivity index (χ2v) is 7.04. The predicted octanol–water partition coefficient (Wildman–Crippen LogP) is 5.33. The minimum Gasteiger partial charge on any atom is -0.507 e. The topological polar surface area (TPSA) is 74.8 Å². The third-order valence-electron chi connectivity index (χ3n) is 4.22. The molecule has 1 aromatic heterocycles. The first-order valence-corrected chi connectivity index (χ1v) is 9.30. The van der Waals surface area contributed by atoms with E-state index in [9.17, 15) is 9.90 Å². The summed E-state index contributed by atoms with van der Waals surface area (Å²) in [5.41, 5.74) is 3.51. The number of hydrogen-bond acceptors (Lipinski definition) is 4. The number of furan rings is 1. The third-order valence-corrected chi connectivity index (χ3v) is 4.75. The Hall–Kier alpha value is -3.38. The van der Waals surface area contributed by atoms with E-state index >= 15 is 0 Å². The molecule has 0 aliphatic heterocycles. The normalized spacial score (nSPS) is 11.2. The van der Waals surface area contributed by atoms with E-state index < -0.39 is 5.91 Å². The van der Waals surface area contributed by atoms with E-state index in [1.807, 2.05) is 54.6 Å². The first-order valence-electron chi connectivity index (χ1n) is 8.51. The monoisotopic (exact) mass is 434 g/mol. The van der Waals surface area contributed by atoms with Crippen LogP contribution in [0.4, 0.5) is 0 Å². The van der Waals surface area contributed by atoms with Gasteiger partial charge in [-0.15, -0.1) is 0 Å². The molecule has 0 spiro atoms. The molecule has 1 amide bonds. The van der Waals surface area contributed by atoms with E-state index in [1.54, 1.807) is 18.2 Å². The van der Waals surface area contributed by atoms with Gasteiger partial charge in [-0.2, -0.15) is 5.10 Å². The SMILES string of the molecule is O=C(N/N=C/c1ccc(-c2ccc(Br)cc2)o1)c1cc2ccccc2cc1O. The summed E-state index contributed by atoms with van der Waals surface area (Å²) in [6.45, 7) is 0. The van der Waals surface area contributed by atoms with Crippen molar-refractivity contribution in [3.63, 3.8) is 0 Å². The molecule has 4 rings (SSSR count). The van der Waals surface area contributed by atoms with Crippen LogP contribution in [0.3, 0.4) is 0 Å². The van der Waals surface area contributed by atoms with Crippen LogP contribution in [0.1, 0.15) is 16.1 Å². The van der Waals surface area contributed by atoms with Gasteiger partial charge in [0.2, 0.25) is 0 Å². The number of amides is 1. The molecular weight excluding hydrogens is 420 g/mol. The maximum atomic E-state index is 12.3. The molecule has 1 heterocycles. The lowest BCUT2D eigenvalue weighted by atomic mass is 10.1. The molecule has 0 saturated heterocycles. The van der Waals surface area contributed by atoms with E-state index in [4.69, 9.17) is 4.42 Å². The van der Waals surface area contributed by atoms with Crippen LogP contribution in [-0.4, -0.2) is 17.2 Å². The van der Waals surface area contributed by atoms with Crippen molar-refractivity contribution in [2.75, 3.05) is 0 Å². The Balaban J connectivity index is 1.47. The molecule has 2 N–H and O–H groups in total. The Morgan fingerprint density at radius 3 is 2.46 bits per heavy atom. The maximum absolute atomic E-state index is 12.3. The second kappa shape index (κ2) is 7.70. The van der Waals surface area contributed by atoms with Crippen LogP contribution in [0.2, 0.25) is 0 Å². The van der Waals surface area contributed by atoms with Gasteiger partial charge in [0.1, 0.15) is 17.3 Å². The highest BCUT2D eigenvalue weighted by molar-refractivity contribution is 9.10. The molecule has 0 fully saturated rings. The number of benzene rings is 3. The van der Waals surface area contributed by atoms with Gasteiger partial charge in [0, 0.05) is 10.0 Å². The Bertz CT molecular complexity index is 1180. The zero-order valence-electron chi connectivity index (χ0n) is 14.6. The fourth-order valence-electron chi connectivity index (χ4n) is 2.82. The number of phenols is 1. The lowest BCUT2D eigenvalue weighted by molar-refractivity contribution is 0.0952. The van der Waals surface area contributed by atoms with Crippen LogP contribution in [0.15, 0.2) is 86.8 Å². The van der Waals surface area contributed by atoms with Gasteiger partial charge in [0.05, 0.1) is 11.8 Å². The third kappa shape index (κ3) is 3.82. The van der Waals surface area contributed by atoms with Crippen molar-refractivity contribution in [1.82, 2.24) is 5.43 Å². The summed E-state index contributed by atoms with van der Waals surface area (Å²) in [5, 5.41) is 15.8. The Labute approximate surface area is 169 Å². The van der Waals surface area contributed by atoms with Crippen LogP contribution in [0.25, 0.3) is 22.1 Å². The Morgan fingerprint density at radius 1 is 1.00 bits per heavy atom. The van der Waals surface area contributed by atoms with Crippen molar-refractivity contribution in [3.05, 3.63) is 88.6 Å². The fraction of sp³-hybridized carbons (Fsp3) is 0. The summed E-state index contributed by atoms with van der Waals surface area (Å²) in [4.78, 5) is 12.3. The summed E-state index contributed by atoms with van der Waals surface area (Å²) >= 11 is 3.40. The molecule has 28 heavy (non-hydrogen) atoms. The van der Waals surface area contributed by atoms with Gasteiger partial charge in [-0.3, -0.25) is 4.79 Å². The molecule has 0 aliphatic carbocycles. The molecule has 5 nitrogen and oxygen atoms in total. The number of rotatable bonds is 4. The van der Waals surface area contributed by atoms with Crippen molar-refractivity contribution < 1.29 is 14.3 Å². The lowest BCUT2D eigenvalue weighted by Gasteiger charge is -2.05. The lowest BCUT2D eigenvalue weighted by Crippen LogP contribution is -2.17. The summed E-state index contributed by atoms with van der Waals surface area (Å²) < 4.78 is 6.70. The summed E-state index contributed by atoms with van der Waals surface area (Å²) in [5.74, 6) is 0.606. The number of halogens is 1.